The lowest BCUT2D eigenvalue weighted by atomic mass is 9.96. The molecule has 0 saturated carbocycles. The van der Waals surface area contributed by atoms with E-state index in [1.54, 1.807) is 45.2 Å². The number of nitrogens with zero attached hydrogens (tertiary/aromatic N) is 3. The highest BCUT2D eigenvalue weighted by atomic mass is 32.1. The Morgan fingerprint density at radius 2 is 1.78 bits per heavy atom. The number of aromatic nitrogens is 1. The molecule has 188 valence electrons. The van der Waals surface area contributed by atoms with Crippen LogP contribution in [0.3, 0.4) is 0 Å². The molecule has 0 bridgehead atoms. The number of esters is 2. The highest BCUT2D eigenvalue weighted by Gasteiger charge is 2.36. The molecule has 1 amide bonds. The summed E-state index contributed by atoms with van der Waals surface area (Å²) in [5, 5.41) is 0. The van der Waals surface area contributed by atoms with Gasteiger partial charge in [0.1, 0.15) is 10.3 Å². The monoisotopic (exact) mass is 517 g/mol. The molecule has 0 aliphatic carbocycles. The summed E-state index contributed by atoms with van der Waals surface area (Å²) in [7, 11) is 1.67. The molecule has 2 aromatic carbocycles. The summed E-state index contributed by atoms with van der Waals surface area (Å²) in [6.45, 7) is 4.85. The Kier molecular flexibility index (Phi) is 6.12. The fourth-order valence-corrected chi connectivity index (χ4v) is 5.77. The summed E-state index contributed by atoms with van der Waals surface area (Å²) in [6.07, 6.45) is 0. The summed E-state index contributed by atoms with van der Waals surface area (Å²) < 4.78 is 12.1. The number of ether oxygens (including phenoxy) is 2. The predicted octanol–water partition coefficient (Wildman–Crippen LogP) is 2.07. The molecular formula is C27H23N3O6S. The topological polar surface area (TPSA) is 107 Å². The van der Waals surface area contributed by atoms with Crippen LogP contribution in [0.4, 0.5) is 5.69 Å². The zero-order valence-electron chi connectivity index (χ0n) is 20.6. The summed E-state index contributed by atoms with van der Waals surface area (Å²) in [4.78, 5) is 58.1. The summed E-state index contributed by atoms with van der Waals surface area (Å²) in [6, 6.07) is 13.0. The van der Waals surface area contributed by atoms with Crippen LogP contribution in [0, 0.1) is 0 Å². The van der Waals surface area contributed by atoms with Gasteiger partial charge >= 0.3 is 11.9 Å². The lowest BCUT2D eigenvalue weighted by Gasteiger charge is -2.24. The molecule has 10 heteroatoms. The van der Waals surface area contributed by atoms with Crippen LogP contribution in [0.25, 0.3) is 5.57 Å². The van der Waals surface area contributed by atoms with E-state index in [-0.39, 0.29) is 22.6 Å². The molecule has 9 nitrogen and oxygen atoms in total. The quantitative estimate of drug-likeness (QED) is 0.387. The van der Waals surface area contributed by atoms with Gasteiger partial charge in [-0.1, -0.05) is 41.7 Å². The maximum absolute atomic E-state index is 14.0. The summed E-state index contributed by atoms with van der Waals surface area (Å²) in [5.41, 5.74) is 2.51. The number of carbonyl (C=O) groups excluding carboxylic acids is 3. The van der Waals surface area contributed by atoms with Crippen LogP contribution in [0.5, 0.6) is 5.75 Å². The van der Waals surface area contributed by atoms with Crippen molar-refractivity contribution < 1.29 is 23.9 Å². The maximum atomic E-state index is 14.0. The van der Waals surface area contributed by atoms with Crippen molar-refractivity contribution in [2.45, 2.75) is 26.8 Å². The number of benzene rings is 2. The number of hydrogen-bond acceptors (Lipinski definition) is 8. The summed E-state index contributed by atoms with van der Waals surface area (Å²) in [5.74, 6) is -0.995. The average Bonchev–Trinajstić information content (AvgIpc) is 3.31. The number of rotatable bonds is 4. The number of likely N-dealkylation sites (N-methyl/N-ethyl adjacent to an activating group) is 1. The van der Waals surface area contributed by atoms with E-state index in [0.29, 0.717) is 38.6 Å². The molecule has 1 unspecified atom stereocenters. The second kappa shape index (κ2) is 9.29. The van der Waals surface area contributed by atoms with Gasteiger partial charge < -0.3 is 14.4 Å². The van der Waals surface area contributed by atoms with Gasteiger partial charge in [-0.3, -0.25) is 19.0 Å². The van der Waals surface area contributed by atoms with Crippen molar-refractivity contribution in [1.29, 1.82) is 0 Å². The van der Waals surface area contributed by atoms with Crippen LogP contribution in [-0.2, 0) is 19.1 Å². The molecule has 1 aromatic heterocycles. The standard InChI is InChI=1S/C27H23N3O6S/c1-5-35-26(34)20-14(2)28-27-30(22(20)16-10-12-17(13-11-16)36-15(3)31)25(33)23(37-27)21-18-8-6-7-9-19(18)29(4)24(21)32/h6-13,22H,5H2,1-4H3. The van der Waals surface area contributed by atoms with E-state index in [4.69, 9.17) is 9.47 Å². The first kappa shape index (κ1) is 24.4. The smallest absolute Gasteiger partial charge is 0.338 e. The van der Waals surface area contributed by atoms with Crippen molar-refractivity contribution in [3.05, 3.63) is 90.6 Å². The number of carbonyl (C=O) groups is 3. The van der Waals surface area contributed by atoms with Crippen LogP contribution in [0.15, 0.2) is 69.6 Å². The van der Waals surface area contributed by atoms with Gasteiger partial charge in [-0.05, 0) is 37.6 Å². The molecule has 3 heterocycles. The Morgan fingerprint density at radius 1 is 1.08 bits per heavy atom. The van der Waals surface area contributed by atoms with Crippen LogP contribution < -0.4 is 24.5 Å². The minimum Gasteiger partial charge on any atom is -0.463 e. The van der Waals surface area contributed by atoms with E-state index in [2.05, 4.69) is 4.99 Å². The van der Waals surface area contributed by atoms with Crippen LogP contribution in [0.1, 0.15) is 37.9 Å². The van der Waals surface area contributed by atoms with Crippen LogP contribution in [0.2, 0.25) is 0 Å². The molecule has 0 radical (unpaired) electrons. The second-order valence-electron chi connectivity index (χ2n) is 8.54. The highest BCUT2D eigenvalue weighted by molar-refractivity contribution is 7.07. The fourth-order valence-electron chi connectivity index (χ4n) is 4.63. The van der Waals surface area contributed by atoms with Crippen LogP contribution >= 0.6 is 11.3 Å². The molecule has 37 heavy (non-hydrogen) atoms. The third-order valence-corrected chi connectivity index (χ3v) is 7.28. The van der Waals surface area contributed by atoms with E-state index in [9.17, 15) is 19.2 Å². The normalized spacial score (nSPS) is 17.8. The molecule has 0 spiro atoms. The third kappa shape index (κ3) is 3.99. The van der Waals surface area contributed by atoms with Crippen molar-refractivity contribution >= 4 is 40.4 Å². The zero-order valence-corrected chi connectivity index (χ0v) is 21.4. The van der Waals surface area contributed by atoms with Crippen molar-refractivity contribution in [2.75, 3.05) is 18.6 Å². The second-order valence-corrected chi connectivity index (χ2v) is 9.52. The van der Waals surface area contributed by atoms with E-state index in [1.807, 2.05) is 24.3 Å². The molecular weight excluding hydrogens is 494 g/mol. The Bertz CT molecular complexity index is 1680. The molecule has 0 saturated heterocycles. The van der Waals surface area contributed by atoms with Crippen molar-refractivity contribution in [3.8, 4) is 5.75 Å². The van der Waals surface area contributed by atoms with Gasteiger partial charge in [-0.15, -0.1) is 0 Å². The van der Waals surface area contributed by atoms with Crippen molar-refractivity contribution in [2.24, 2.45) is 4.99 Å². The number of amides is 1. The Morgan fingerprint density at radius 3 is 2.46 bits per heavy atom. The minimum atomic E-state index is -0.847. The molecule has 0 fully saturated rings. The van der Waals surface area contributed by atoms with E-state index in [1.165, 1.54) is 16.4 Å². The van der Waals surface area contributed by atoms with Gasteiger partial charge in [0, 0.05) is 19.5 Å². The Balaban J connectivity index is 1.77. The first-order chi connectivity index (χ1) is 17.7. The van der Waals surface area contributed by atoms with Crippen LogP contribution in [-0.4, -0.2) is 36.1 Å². The zero-order chi connectivity index (χ0) is 26.4. The lowest BCUT2D eigenvalue weighted by Crippen LogP contribution is -2.40. The number of fused-ring (bicyclic) bond motifs is 2. The predicted molar refractivity (Wildman–Crippen MR) is 137 cm³/mol. The molecule has 0 N–H and O–H groups in total. The van der Waals surface area contributed by atoms with Gasteiger partial charge in [0.15, 0.2) is 4.80 Å². The van der Waals surface area contributed by atoms with Gasteiger partial charge in [0.25, 0.3) is 11.5 Å². The molecule has 2 aliphatic rings. The SMILES string of the molecule is CCOC(=O)C1=C(C)N=c2sc(=C3C(=O)N(C)c4ccccc43)c(=O)n2C1c1ccc(OC(C)=O)cc1. The fraction of sp³-hybridized carbons (Fsp3) is 0.222. The Hall–Kier alpha value is -4.31. The maximum Gasteiger partial charge on any atom is 0.338 e. The first-order valence-electron chi connectivity index (χ1n) is 11.6. The molecule has 5 rings (SSSR count). The minimum absolute atomic E-state index is 0.153. The number of para-hydroxylation sites is 1. The Labute approximate surface area is 215 Å². The van der Waals surface area contributed by atoms with Gasteiger partial charge in [0.05, 0.1) is 35.2 Å². The van der Waals surface area contributed by atoms with Gasteiger partial charge in [0.2, 0.25) is 0 Å². The van der Waals surface area contributed by atoms with E-state index >= 15 is 0 Å². The average molecular weight is 518 g/mol. The van der Waals surface area contributed by atoms with Gasteiger partial charge in [-0.25, -0.2) is 9.79 Å². The summed E-state index contributed by atoms with van der Waals surface area (Å²) >= 11 is 1.11. The largest absolute Gasteiger partial charge is 0.463 e. The number of anilines is 1. The van der Waals surface area contributed by atoms with Gasteiger partial charge in [-0.2, -0.15) is 0 Å². The number of hydrogen-bond donors (Lipinski definition) is 0. The van der Waals surface area contributed by atoms with E-state index in [0.717, 1.165) is 11.3 Å². The molecule has 2 aliphatic heterocycles. The van der Waals surface area contributed by atoms with E-state index < -0.39 is 23.5 Å². The number of thiazole rings is 1. The highest BCUT2D eigenvalue weighted by Crippen LogP contribution is 2.35. The van der Waals surface area contributed by atoms with Crippen molar-refractivity contribution in [1.82, 2.24) is 4.57 Å². The number of allylic oxidation sites excluding steroid dienone is 1. The first-order valence-corrected chi connectivity index (χ1v) is 12.4. The molecule has 3 aromatic rings. The lowest BCUT2D eigenvalue weighted by molar-refractivity contribution is -0.139. The third-order valence-electron chi connectivity index (χ3n) is 6.23. The van der Waals surface area contributed by atoms with Crippen molar-refractivity contribution in [3.63, 3.8) is 0 Å². The molecule has 1 atom stereocenters.